The standard InChI is InChI=1S/C20H23N3O5/c1-14(16-8-9-16)22(11-15-6-4-3-5-7-15)19(24)13-28-20(25)18-10-17(23(26)27)12-21(18)2/h3-7,10,12,14,16H,8-9,11,13H2,1-2H3. The van der Waals surface area contributed by atoms with E-state index in [9.17, 15) is 19.7 Å². The van der Waals surface area contributed by atoms with Gasteiger partial charge in [-0.25, -0.2) is 4.79 Å². The van der Waals surface area contributed by atoms with Gasteiger partial charge in [-0.3, -0.25) is 14.9 Å². The van der Waals surface area contributed by atoms with Crippen molar-refractivity contribution in [2.24, 2.45) is 13.0 Å². The second-order valence-electron chi connectivity index (χ2n) is 7.11. The lowest BCUT2D eigenvalue weighted by atomic mass is 10.1. The van der Waals surface area contributed by atoms with Crippen LogP contribution < -0.4 is 0 Å². The van der Waals surface area contributed by atoms with E-state index in [0.717, 1.165) is 24.5 Å². The Morgan fingerprint density at radius 2 is 2.00 bits per heavy atom. The second kappa shape index (κ2) is 8.24. The van der Waals surface area contributed by atoms with E-state index in [1.54, 1.807) is 4.90 Å². The minimum absolute atomic E-state index is 0.0318. The van der Waals surface area contributed by atoms with Crippen molar-refractivity contribution in [3.8, 4) is 0 Å². The molecule has 0 aliphatic heterocycles. The molecule has 2 aromatic rings. The van der Waals surface area contributed by atoms with Crippen molar-refractivity contribution in [3.63, 3.8) is 0 Å². The van der Waals surface area contributed by atoms with Crippen molar-refractivity contribution in [2.45, 2.75) is 32.4 Å². The Kier molecular flexibility index (Phi) is 5.77. The van der Waals surface area contributed by atoms with Crippen LogP contribution in [0.15, 0.2) is 42.6 Å². The number of rotatable bonds is 8. The maximum atomic E-state index is 12.8. The van der Waals surface area contributed by atoms with Crippen LogP contribution in [0.4, 0.5) is 5.69 Å². The van der Waals surface area contributed by atoms with Crippen LogP contribution in [-0.4, -0.2) is 38.9 Å². The first-order valence-electron chi connectivity index (χ1n) is 9.18. The van der Waals surface area contributed by atoms with E-state index in [-0.39, 0.29) is 23.3 Å². The number of carbonyl (C=O) groups excluding carboxylic acids is 2. The largest absolute Gasteiger partial charge is 0.451 e. The fraction of sp³-hybridized carbons (Fsp3) is 0.400. The molecule has 1 amide bonds. The summed E-state index contributed by atoms with van der Waals surface area (Å²) in [6.45, 7) is 2.06. The quantitative estimate of drug-likeness (QED) is 0.396. The van der Waals surface area contributed by atoms with Crippen LogP contribution in [0, 0.1) is 16.0 Å². The molecule has 148 valence electrons. The molecule has 1 atom stereocenters. The number of benzene rings is 1. The molecule has 8 nitrogen and oxygen atoms in total. The molecule has 8 heteroatoms. The Morgan fingerprint density at radius 3 is 2.57 bits per heavy atom. The fourth-order valence-electron chi connectivity index (χ4n) is 3.21. The molecular weight excluding hydrogens is 362 g/mol. The number of hydrogen-bond donors (Lipinski definition) is 0. The zero-order valence-electron chi connectivity index (χ0n) is 15.9. The minimum atomic E-state index is -0.761. The summed E-state index contributed by atoms with van der Waals surface area (Å²) in [6.07, 6.45) is 3.41. The van der Waals surface area contributed by atoms with Gasteiger partial charge in [-0.15, -0.1) is 0 Å². The molecule has 3 rings (SSSR count). The lowest BCUT2D eigenvalue weighted by Crippen LogP contribution is -2.41. The Morgan fingerprint density at radius 1 is 1.32 bits per heavy atom. The normalized spacial score (nSPS) is 14.4. The summed E-state index contributed by atoms with van der Waals surface area (Å²) in [5.41, 5.74) is 0.839. The van der Waals surface area contributed by atoms with E-state index >= 15 is 0 Å². The zero-order chi connectivity index (χ0) is 20.3. The van der Waals surface area contributed by atoms with E-state index in [2.05, 4.69) is 0 Å². The molecule has 0 bridgehead atoms. The Labute approximate surface area is 162 Å². The highest BCUT2D eigenvalue weighted by Gasteiger charge is 2.34. The van der Waals surface area contributed by atoms with Crippen molar-refractivity contribution in [1.82, 2.24) is 9.47 Å². The van der Waals surface area contributed by atoms with Gasteiger partial charge >= 0.3 is 5.97 Å². The SMILES string of the molecule is CC(C1CC1)N(Cc1ccccc1)C(=O)COC(=O)c1cc([N+](=O)[O-])cn1C. The molecule has 0 N–H and O–H groups in total. The number of nitro groups is 1. The number of carbonyl (C=O) groups is 2. The van der Waals surface area contributed by atoms with Gasteiger partial charge in [-0.05, 0) is 31.2 Å². The van der Waals surface area contributed by atoms with Crippen LogP contribution in [0.5, 0.6) is 0 Å². The van der Waals surface area contributed by atoms with E-state index < -0.39 is 17.5 Å². The zero-order valence-corrected chi connectivity index (χ0v) is 15.9. The molecule has 1 aromatic carbocycles. The summed E-state index contributed by atoms with van der Waals surface area (Å²) in [4.78, 5) is 37.1. The summed E-state index contributed by atoms with van der Waals surface area (Å²) in [7, 11) is 1.52. The Bertz CT molecular complexity index is 873. The third-order valence-corrected chi connectivity index (χ3v) is 5.05. The molecule has 28 heavy (non-hydrogen) atoms. The summed E-state index contributed by atoms with van der Waals surface area (Å²) in [6, 6.07) is 10.9. The highest BCUT2D eigenvalue weighted by atomic mass is 16.6. The molecule has 1 fully saturated rings. The van der Waals surface area contributed by atoms with Crippen molar-refractivity contribution in [2.75, 3.05) is 6.61 Å². The topological polar surface area (TPSA) is 94.7 Å². The van der Waals surface area contributed by atoms with Crippen LogP contribution in [0.25, 0.3) is 0 Å². The monoisotopic (exact) mass is 385 g/mol. The number of esters is 1. The Hall–Kier alpha value is -3.16. The fourth-order valence-corrected chi connectivity index (χ4v) is 3.21. The molecule has 0 spiro atoms. The van der Waals surface area contributed by atoms with E-state index in [1.165, 1.54) is 17.8 Å². The van der Waals surface area contributed by atoms with Crippen molar-refractivity contribution in [1.29, 1.82) is 0 Å². The van der Waals surface area contributed by atoms with Crippen molar-refractivity contribution >= 4 is 17.6 Å². The average Bonchev–Trinajstić information content (AvgIpc) is 3.45. The van der Waals surface area contributed by atoms with Gasteiger partial charge in [-0.2, -0.15) is 0 Å². The van der Waals surface area contributed by atoms with Crippen LogP contribution >= 0.6 is 0 Å². The van der Waals surface area contributed by atoms with Gasteiger partial charge in [0, 0.05) is 25.7 Å². The third kappa shape index (κ3) is 4.57. The van der Waals surface area contributed by atoms with Crippen molar-refractivity contribution in [3.05, 3.63) is 64.0 Å². The van der Waals surface area contributed by atoms with Gasteiger partial charge in [0.1, 0.15) is 5.69 Å². The van der Waals surface area contributed by atoms with Crippen LogP contribution in [0.3, 0.4) is 0 Å². The second-order valence-corrected chi connectivity index (χ2v) is 7.11. The lowest BCUT2D eigenvalue weighted by Gasteiger charge is -2.29. The summed E-state index contributed by atoms with van der Waals surface area (Å²) >= 11 is 0. The molecular formula is C20H23N3O5. The molecule has 1 unspecified atom stereocenters. The predicted octanol–water partition coefficient (Wildman–Crippen LogP) is 2.92. The lowest BCUT2D eigenvalue weighted by molar-refractivity contribution is -0.384. The summed E-state index contributed by atoms with van der Waals surface area (Å²) in [5.74, 6) is -0.568. The third-order valence-electron chi connectivity index (χ3n) is 5.05. The highest BCUT2D eigenvalue weighted by Crippen LogP contribution is 2.35. The first-order chi connectivity index (χ1) is 13.4. The first-order valence-corrected chi connectivity index (χ1v) is 9.18. The molecule has 1 aromatic heterocycles. The van der Waals surface area contributed by atoms with Gasteiger partial charge < -0.3 is 14.2 Å². The van der Waals surface area contributed by atoms with Crippen molar-refractivity contribution < 1.29 is 19.2 Å². The first kappa shape index (κ1) is 19.6. The van der Waals surface area contributed by atoms with Crippen LogP contribution in [0.1, 0.15) is 35.8 Å². The number of aryl methyl sites for hydroxylation is 1. The van der Waals surface area contributed by atoms with Gasteiger partial charge in [0.15, 0.2) is 6.61 Å². The van der Waals surface area contributed by atoms with Crippen LogP contribution in [-0.2, 0) is 23.1 Å². The number of nitrogens with zero attached hydrogens (tertiary/aromatic N) is 3. The van der Waals surface area contributed by atoms with Gasteiger partial charge in [0.2, 0.25) is 0 Å². The smallest absolute Gasteiger partial charge is 0.355 e. The summed E-state index contributed by atoms with van der Waals surface area (Å²) < 4.78 is 6.48. The molecule has 1 aliphatic rings. The van der Waals surface area contributed by atoms with Gasteiger partial charge in [0.25, 0.3) is 11.6 Å². The summed E-state index contributed by atoms with van der Waals surface area (Å²) in [5, 5.41) is 10.8. The molecule has 0 radical (unpaired) electrons. The highest BCUT2D eigenvalue weighted by molar-refractivity contribution is 5.90. The number of ether oxygens (including phenoxy) is 1. The van der Waals surface area contributed by atoms with E-state index in [4.69, 9.17) is 4.74 Å². The number of aromatic nitrogens is 1. The maximum absolute atomic E-state index is 12.8. The van der Waals surface area contributed by atoms with Crippen LogP contribution in [0.2, 0.25) is 0 Å². The number of amides is 1. The van der Waals surface area contributed by atoms with E-state index in [1.807, 2.05) is 37.3 Å². The number of hydrogen-bond acceptors (Lipinski definition) is 5. The molecule has 0 saturated heterocycles. The maximum Gasteiger partial charge on any atom is 0.355 e. The molecule has 1 heterocycles. The molecule has 1 aliphatic carbocycles. The Balaban J connectivity index is 1.66. The van der Waals surface area contributed by atoms with E-state index in [0.29, 0.717) is 12.5 Å². The minimum Gasteiger partial charge on any atom is -0.451 e. The predicted molar refractivity (Wildman–Crippen MR) is 102 cm³/mol. The molecule has 1 saturated carbocycles. The average molecular weight is 385 g/mol. The van der Waals surface area contributed by atoms with Gasteiger partial charge in [0.05, 0.1) is 11.1 Å². The van der Waals surface area contributed by atoms with Gasteiger partial charge in [-0.1, -0.05) is 30.3 Å².